The van der Waals surface area contributed by atoms with E-state index in [-0.39, 0.29) is 5.60 Å². The lowest BCUT2D eigenvalue weighted by Crippen LogP contribution is -2.22. The zero-order chi connectivity index (χ0) is 9.19. The van der Waals surface area contributed by atoms with E-state index in [9.17, 15) is 0 Å². The van der Waals surface area contributed by atoms with Gasteiger partial charge in [0, 0.05) is 7.11 Å². The van der Waals surface area contributed by atoms with Gasteiger partial charge in [-0.15, -0.1) is 10.2 Å². The Bertz CT molecular complexity index is 257. The third-order valence-corrected chi connectivity index (χ3v) is 3.02. The van der Waals surface area contributed by atoms with Crippen LogP contribution in [0.15, 0.2) is 0 Å². The zero-order valence-corrected chi connectivity index (χ0v) is 8.31. The van der Waals surface area contributed by atoms with E-state index in [1.54, 1.807) is 7.11 Å². The number of nitrogens with zero attached hydrogens (tertiary/aromatic N) is 2. The molecule has 0 saturated heterocycles. The highest BCUT2D eigenvalue weighted by Crippen LogP contribution is 2.30. The summed E-state index contributed by atoms with van der Waals surface area (Å²) in [5.74, 6) is 0. The van der Waals surface area contributed by atoms with Crippen molar-refractivity contribution in [1.29, 1.82) is 0 Å². The number of aromatic nitrogens is 2. The molecule has 0 amide bonds. The minimum atomic E-state index is -0.338. The maximum Gasteiger partial charge on any atom is 0.203 e. The number of ether oxygens (including phenoxy) is 1. The van der Waals surface area contributed by atoms with Gasteiger partial charge in [0.1, 0.15) is 5.60 Å². The van der Waals surface area contributed by atoms with Crippen molar-refractivity contribution in [2.75, 3.05) is 12.8 Å². The predicted octanol–water partition coefficient (Wildman–Crippen LogP) is 1.39. The Morgan fingerprint density at radius 3 is 2.58 bits per heavy atom. The van der Waals surface area contributed by atoms with Crippen LogP contribution in [0.3, 0.4) is 0 Å². The fourth-order valence-corrected chi connectivity index (χ4v) is 1.64. The van der Waals surface area contributed by atoms with Crippen LogP contribution in [0.4, 0.5) is 5.13 Å². The average Bonchev–Trinajstić information content (AvgIpc) is 2.51. The van der Waals surface area contributed by atoms with Gasteiger partial charge in [-0.2, -0.15) is 0 Å². The highest BCUT2D eigenvalue weighted by molar-refractivity contribution is 7.15. The van der Waals surface area contributed by atoms with Crippen LogP contribution >= 0.6 is 11.3 Å². The van der Waals surface area contributed by atoms with Crippen LogP contribution in [-0.4, -0.2) is 17.3 Å². The number of hydrogen-bond donors (Lipinski definition) is 1. The van der Waals surface area contributed by atoms with Gasteiger partial charge in [0.05, 0.1) is 0 Å². The van der Waals surface area contributed by atoms with E-state index in [2.05, 4.69) is 10.2 Å². The minimum Gasteiger partial charge on any atom is -0.374 e. The van der Waals surface area contributed by atoms with Crippen molar-refractivity contribution in [3.05, 3.63) is 5.01 Å². The molecule has 0 radical (unpaired) electrons. The lowest BCUT2D eigenvalue weighted by molar-refractivity contribution is -0.00207. The molecule has 2 N–H and O–H groups in total. The highest BCUT2D eigenvalue weighted by atomic mass is 32.1. The van der Waals surface area contributed by atoms with E-state index in [0.29, 0.717) is 5.13 Å². The molecule has 0 spiro atoms. The number of nitrogens with two attached hydrogens (primary N) is 1. The second-order valence-corrected chi connectivity index (χ2v) is 3.74. The topological polar surface area (TPSA) is 61.0 Å². The molecule has 1 rings (SSSR count). The van der Waals surface area contributed by atoms with Gasteiger partial charge in [0.15, 0.2) is 5.01 Å². The minimum absolute atomic E-state index is 0.338. The lowest BCUT2D eigenvalue weighted by atomic mass is 10.1. The van der Waals surface area contributed by atoms with Crippen LogP contribution in [0, 0.1) is 0 Å². The molecule has 12 heavy (non-hydrogen) atoms. The molecule has 1 aromatic heterocycles. The third kappa shape index (κ3) is 1.56. The smallest absolute Gasteiger partial charge is 0.203 e. The van der Waals surface area contributed by atoms with Crippen molar-refractivity contribution in [1.82, 2.24) is 10.2 Å². The van der Waals surface area contributed by atoms with E-state index in [1.807, 2.05) is 13.8 Å². The second kappa shape index (κ2) is 3.37. The Morgan fingerprint density at radius 2 is 2.25 bits per heavy atom. The summed E-state index contributed by atoms with van der Waals surface area (Å²) in [5, 5.41) is 9.02. The molecule has 0 aromatic carbocycles. The molecule has 1 aromatic rings. The van der Waals surface area contributed by atoms with E-state index < -0.39 is 0 Å². The lowest BCUT2D eigenvalue weighted by Gasteiger charge is -2.22. The van der Waals surface area contributed by atoms with Crippen molar-refractivity contribution in [2.24, 2.45) is 0 Å². The Hall–Kier alpha value is -0.680. The van der Waals surface area contributed by atoms with Crippen molar-refractivity contribution in [2.45, 2.75) is 25.9 Å². The van der Waals surface area contributed by atoms with Crippen LogP contribution in [0.5, 0.6) is 0 Å². The van der Waals surface area contributed by atoms with Crippen LogP contribution < -0.4 is 5.73 Å². The number of nitrogen functional groups attached to an aromatic ring is 1. The first-order chi connectivity index (χ1) is 5.62. The molecule has 1 heterocycles. The average molecular weight is 187 g/mol. The van der Waals surface area contributed by atoms with Gasteiger partial charge in [-0.3, -0.25) is 0 Å². The molecule has 0 bridgehead atoms. The third-order valence-electron chi connectivity index (χ3n) is 2.02. The molecule has 0 saturated carbocycles. The van der Waals surface area contributed by atoms with Crippen LogP contribution in [-0.2, 0) is 10.3 Å². The summed E-state index contributed by atoms with van der Waals surface area (Å²) in [6.07, 6.45) is 0.859. The molecule has 4 nitrogen and oxygen atoms in total. The van der Waals surface area contributed by atoms with E-state index in [0.717, 1.165) is 11.4 Å². The fraction of sp³-hybridized carbons (Fsp3) is 0.714. The van der Waals surface area contributed by atoms with Crippen LogP contribution in [0.2, 0.25) is 0 Å². The summed E-state index contributed by atoms with van der Waals surface area (Å²) in [5.41, 5.74) is 5.14. The molecule has 0 aliphatic carbocycles. The van der Waals surface area contributed by atoms with Gasteiger partial charge >= 0.3 is 0 Å². The summed E-state index contributed by atoms with van der Waals surface area (Å²) < 4.78 is 5.34. The number of rotatable bonds is 3. The van der Waals surface area contributed by atoms with Crippen molar-refractivity contribution >= 4 is 16.5 Å². The second-order valence-electron chi connectivity index (χ2n) is 2.73. The first kappa shape index (κ1) is 9.41. The summed E-state index contributed by atoms with van der Waals surface area (Å²) in [7, 11) is 1.67. The fourth-order valence-electron chi connectivity index (χ4n) is 0.831. The highest BCUT2D eigenvalue weighted by Gasteiger charge is 2.28. The van der Waals surface area contributed by atoms with Crippen LogP contribution in [0.25, 0.3) is 0 Å². The summed E-state index contributed by atoms with van der Waals surface area (Å²) in [6, 6.07) is 0. The molecule has 0 aliphatic heterocycles. The van der Waals surface area contributed by atoms with E-state index >= 15 is 0 Å². The number of hydrogen-bond acceptors (Lipinski definition) is 5. The largest absolute Gasteiger partial charge is 0.374 e. The molecule has 1 atom stereocenters. The molecule has 1 unspecified atom stereocenters. The molecular formula is C7H13N3OS. The Kier molecular flexibility index (Phi) is 2.64. The molecule has 5 heteroatoms. The van der Waals surface area contributed by atoms with Gasteiger partial charge in [0.25, 0.3) is 0 Å². The Morgan fingerprint density at radius 1 is 1.58 bits per heavy atom. The maximum atomic E-state index is 5.47. The summed E-state index contributed by atoms with van der Waals surface area (Å²) in [4.78, 5) is 0. The summed E-state index contributed by atoms with van der Waals surface area (Å²) in [6.45, 7) is 4.02. The molecule has 0 fully saturated rings. The number of anilines is 1. The van der Waals surface area contributed by atoms with E-state index in [4.69, 9.17) is 10.5 Å². The normalized spacial score (nSPS) is 15.9. The first-order valence-electron chi connectivity index (χ1n) is 3.77. The van der Waals surface area contributed by atoms with Gasteiger partial charge in [-0.25, -0.2) is 0 Å². The Balaban J connectivity index is 2.94. The SMILES string of the molecule is CCC(C)(OC)c1nnc(N)s1. The van der Waals surface area contributed by atoms with Gasteiger partial charge < -0.3 is 10.5 Å². The molecule has 0 aliphatic rings. The predicted molar refractivity (Wildman–Crippen MR) is 49.0 cm³/mol. The summed E-state index contributed by atoms with van der Waals surface area (Å²) >= 11 is 1.37. The standard InChI is InChI=1S/C7H13N3OS/c1-4-7(2,11-3)5-9-10-6(8)12-5/h4H2,1-3H3,(H2,8,10). The van der Waals surface area contributed by atoms with Crippen molar-refractivity contribution in [3.8, 4) is 0 Å². The zero-order valence-electron chi connectivity index (χ0n) is 7.50. The molecule has 68 valence electrons. The quantitative estimate of drug-likeness (QED) is 0.776. The Labute approximate surface area is 75.8 Å². The van der Waals surface area contributed by atoms with Crippen molar-refractivity contribution < 1.29 is 4.74 Å². The van der Waals surface area contributed by atoms with Gasteiger partial charge in [-0.1, -0.05) is 18.3 Å². The number of methoxy groups -OCH3 is 1. The van der Waals surface area contributed by atoms with E-state index in [1.165, 1.54) is 11.3 Å². The van der Waals surface area contributed by atoms with Gasteiger partial charge in [0.2, 0.25) is 5.13 Å². The first-order valence-corrected chi connectivity index (χ1v) is 4.58. The van der Waals surface area contributed by atoms with Crippen molar-refractivity contribution in [3.63, 3.8) is 0 Å². The molecular weight excluding hydrogens is 174 g/mol. The van der Waals surface area contributed by atoms with Crippen LogP contribution in [0.1, 0.15) is 25.3 Å². The maximum absolute atomic E-state index is 5.47. The van der Waals surface area contributed by atoms with Gasteiger partial charge in [-0.05, 0) is 13.3 Å². The monoisotopic (exact) mass is 187 g/mol.